The normalized spacial score (nSPS) is 9.86. The van der Waals surface area contributed by atoms with Crippen LogP contribution in [0, 0.1) is 0 Å². The van der Waals surface area contributed by atoms with Crippen molar-refractivity contribution >= 4 is 11.9 Å². The standard InChI is InChI=1S/C14H19NO6/c1-18-7-6-15-13(16)9-21-14(17)11-5-4-10(19-2)8-12(11)20-3/h4-5,8H,6-7,9H2,1-3H3,(H,15,16). The fourth-order valence-electron chi connectivity index (χ4n) is 1.52. The third-order valence-corrected chi connectivity index (χ3v) is 2.59. The average molecular weight is 297 g/mol. The summed E-state index contributed by atoms with van der Waals surface area (Å²) in [4.78, 5) is 23.3. The lowest BCUT2D eigenvalue weighted by atomic mass is 10.2. The molecule has 1 aromatic carbocycles. The van der Waals surface area contributed by atoms with Gasteiger partial charge < -0.3 is 24.3 Å². The van der Waals surface area contributed by atoms with E-state index in [0.717, 1.165) is 0 Å². The van der Waals surface area contributed by atoms with Crippen molar-refractivity contribution in [3.63, 3.8) is 0 Å². The molecule has 21 heavy (non-hydrogen) atoms. The molecule has 0 heterocycles. The van der Waals surface area contributed by atoms with Crippen LogP contribution in [0.4, 0.5) is 0 Å². The number of rotatable bonds is 8. The molecule has 7 nitrogen and oxygen atoms in total. The molecule has 1 aromatic rings. The van der Waals surface area contributed by atoms with Crippen LogP contribution in [0.1, 0.15) is 10.4 Å². The number of methoxy groups -OCH3 is 3. The first-order valence-corrected chi connectivity index (χ1v) is 6.27. The lowest BCUT2D eigenvalue weighted by molar-refractivity contribution is -0.124. The zero-order chi connectivity index (χ0) is 15.7. The zero-order valence-electron chi connectivity index (χ0n) is 12.3. The van der Waals surface area contributed by atoms with Gasteiger partial charge in [0.1, 0.15) is 17.1 Å². The van der Waals surface area contributed by atoms with Crippen LogP contribution >= 0.6 is 0 Å². The highest BCUT2D eigenvalue weighted by Crippen LogP contribution is 2.25. The number of benzene rings is 1. The van der Waals surface area contributed by atoms with Crippen molar-refractivity contribution in [2.24, 2.45) is 0 Å². The average Bonchev–Trinajstić information content (AvgIpc) is 2.52. The number of amides is 1. The number of carbonyl (C=O) groups is 2. The SMILES string of the molecule is COCCNC(=O)COC(=O)c1ccc(OC)cc1OC. The van der Waals surface area contributed by atoms with Crippen LogP contribution in [0.3, 0.4) is 0 Å². The van der Waals surface area contributed by atoms with E-state index < -0.39 is 11.9 Å². The van der Waals surface area contributed by atoms with Gasteiger partial charge >= 0.3 is 5.97 Å². The quantitative estimate of drug-likeness (QED) is 0.559. The highest BCUT2D eigenvalue weighted by atomic mass is 16.5. The maximum Gasteiger partial charge on any atom is 0.342 e. The number of nitrogens with one attached hydrogen (secondary N) is 1. The molecule has 0 aliphatic rings. The van der Waals surface area contributed by atoms with E-state index in [1.807, 2.05) is 0 Å². The molecule has 1 N–H and O–H groups in total. The summed E-state index contributed by atoms with van der Waals surface area (Å²) < 4.78 is 19.8. The first-order chi connectivity index (χ1) is 10.1. The molecule has 116 valence electrons. The van der Waals surface area contributed by atoms with Gasteiger partial charge in [0.2, 0.25) is 0 Å². The topological polar surface area (TPSA) is 83.1 Å². The van der Waals surface area contributed by atoms with Gasteiger partial charge in [0.25, 0.3) is 5.91 Å². The molecule has 0 spiro atoms. The van der Waals surface area contributed by atoms with Gasteiger partial charge in [0.15, 0.2) is 6.61 Å². The van der Waals surface area contributed by atoms with Crippen LogP contribution in [0.2, 0.25) is 0 Å². The molecular formula is C14H19NO6. The van der Waals surface area contributed by atoms with Crippen molar-refractivity contribution in [1.29, 1.82) is 0 Å². The van der Waals surface area contributed by atoms with E-state index in [2.05, 4.69) is 5.32 Å². The van der Waals surface area contributed by atoms with Crippen molar-refractivity contribution in [2.45, 2.75) is 0 Å². The van der Waals surface area contributed by atoms with Crippen LogP contribution < -0.4 is 14.8 Å². The van der Waals surface area contributed by atoms with Crippen LogP contribution in [0.25, 0.3) is 0 Å². The molecule has 0 aliphatic carbocycles. The minimum Gasteiger partial charge on any atom is -0.497 e. The van der Waals surface area contributed by atoms with E-state index in [-0.39, 0.29) is 12.2 Å². The molecule has 1 amide bonds. The Balaban J connectivity index is 2.57. The van der Waals surface area contributed by atoms with Crippen molar-refractivity contribution in [2.75, 3.05) is 41.1 Å². The highest BCUT2D eigenvalue weighted by Gasteiger charge is 2.16. The summed E-state index contributed by atoms with van der Waals surface area (Å²) in [7, 11) is 4.47. The molecule has 0 radical (unpaired) electrons. The lowest BCUT2D eigenvalue weighted by Gasteiger charge is -2.10. The highest BCUT2D eigenvalue weighted by molar-refractivity contribution is 5.94. The Labute approximate surface area is 123 Å². The van der Waals surface area contributed by atoms with Gasteiger partial charge in [0, 0.05) is 19.7 Å². The van der Waals surface area contributed by atoms with E-state index in [0.29, 0.717) is 24.7 Å². The molecular weight excluding hydrogens is 278 g/mol. The summed E-state index contributed by atoms with van der Waals surface area (Å²) in [6, 6.07) is 4.69. The predicted octanol–water partition coefficient (Wildman–Crippen LogP) is 0.623. The summed E-state index contributed by atoms with van der Waals surface area (Å²) in [5.74, 6) is -0.163. The second-order valence-electron chi connectivity index (χ2n) is 3.99. The van der Waals surface area contributed by atoms with Crippen molar-refractivity contribution in [3.05, 3.63) is 23.8 Å². The molecule has 0 fully saturated rings. The Kier molecular flexibility index (Phi) is 7.03. The fraction of sp³-hybridized carbons (Fsp3) is 0.429. The van der Waals surface area contributed by atoms with Gasteiger partial charge in [-0.1, -0.05) is 0 Å². The van der Waals surface area contributed by atoms with Gasteiger partial charge in [-0.15, -0.1) is 0 Å². The van der Waals surface area contributed by atoms with Gasteiger partial charge in [-0.05, 0) is 12.1 Å². The minimum atomic E-state index is -0.642. The number of carbonyl (C=O) groups excluding carboxylic acids is 2. The molecule has 0 unspecified atom stereocenters. The van der Waals surface area contributed by atoms with E-state index in [1.165, 1.54) is 27.4 Å². The van der Waals surface area contributed by atoms with Crippen molar-refractivity contribution < 1.29 is 28.5 Å². The van der Waals surface area contributed by atoms with E-state index in [4.69, 9.17) is 18.9 Å². The van der Waals surface area contributed by atoms with Gasteiger partial charge in [-0.2, -0.15) is 0 Å². The maximum atomic E-state index is 11.9. The Hall–Kier alpha value is -2.28. The fourth-order valence-corrected chi connectivity index (χ4v) is 1.52. The first-order valence-electron chi connectivity index (χ1n) is 6.27. The van der Waals surface area contributed by atoms with E-state index >= 15 is 0 Å². The number of esters is 1. The molecule has 0 bridgehead atoms. The Morgan fingerprint density at radius 2 is 1.90 bits per heavy atom. The van der Waals surface area contributed by atoms with E-state index in [1.54, 1.807) is 12.1 Å². The Bertz CT molecular complexity index is 488. The Morgan fingerprint density at radius 1 is 1.14 bits per heavy atom. The summed E-state index contributed by atoms with van der Waals surface area (Å²) in [6.07, 6.45) is 0. The summed E-state index contributed by atoms with van der Waals surface area (Å²) in [5, 5.41) is 2.54. The molecule has 1 rings (SSSR count). The summed E-state index contributed by atoms with van der Waals surface area (Å²) in [6.45, 7) is 0.391. The first kappa shape index (κ1) is 16.8. The summed E-state index contributed by atoms with van der Waals surface area (Å²) in [5.41, 5.74) is 0.225. The number of hydrogen-bond acceptors (Lipinski definition) is 6. The molecule has 0 atom stereocenters. The molecule has 0 aliphatic heterocycles. The largest absolute Gasteiger partial charge is 0.497 e. The second-order valence-corrected chi connectivity index (χ2v) is 3.99. The zero-order valence-corrected chi connectivity index (χ0v) is 12.3. The van der Waals surface area contributed by atoms with Crippen molar-refractivity contribution in [3.8, 4) is 11.5 Å². The minimum absolute atomic E-state index is 0.225. The molecule has 0 aromatic heterocycles. The van der Waals surface area contributed by atoms with Crippen molar-refractivity contribution in [1.82, 2.24) is 5.32 Å². The number of hydrogen-bond donors (Lipinski definition) is 1. The van der Waals surface area contributed by atoms with Crippen LogP contribution in [0.5, 0.6) is 11.5 Å². The predicted molar refractivity (Wildman–Crippen MR) is 74.7 cm³/mol. The third-order valence-electron chi connectivity index (χ3n) is 2.59. The van der Waals surface area contributed by atoms with Crippen LogP contribution in [0.15, 0.2) is 18.2 Å². The monoisotopic (exact) mass is 297 g/mol. The molecule has 0 saturated heterocycles. The van der Waals surface area contributed by atoms with Crippen LogP contribution in [-0.2, 0) is 14.3 Å². The van der Waals surface area contributed by atoms with E-state index in [9.17, 15) is 9.59 Å². The summed E-state index contributed by atoms with van der Waals surface area (Å²) >= 11 is 0. The molecule has 0 saturated carbocycles. The van der Waals surface area contributed by atoms with Crippen LogP contribution in [-0.4, -0.2) is 53.0 Å². The van der Waals surface area contributed by atoms with Gasteiger partial charge in [0.05, 0.1) is 20.8 Å². The maximum absolute atomic E-state index is 11.9. The van der Waals surface area contributed by atoms with Gasteiger partial charge in [-0.3, -0.25) is 4.79 Å². The second kappa shape index (κ2) is 8.80. The third kappa shape index (κ3) is 5.31. The number of ether oxygens (including phenoxy) is 4. The molecule has 7 heteroatoms. The van der Waals surface area contributed by atoms with Gasteiger partial charge in [-0.25, -0.2) is 4.79 Å². The Morgan fingerprint density at radius 3 is 2.52 bits per heavy atom. The smallest absolute Gasteiger partial charge is 0.342 e. The lowest BCUT2D eigenvalue weighted by Crippen LogP contribution is -2.31.